The molecule has 16 heavy (non-hydrogen) atoms. The third-order valence-electron chi connectivity index (χ3n) is 3.50. The van der Waals surface area contributed by atoms with Gasteiger partial charge in [-0.1, -0.05) is 19.9 Å². The predicted octanol–water partition coefficient (Wildman–Crippen LogP) is 3.08. The molecule has 1 unspecified atom stereocenters. The molecule has 1 saturated heterocycles. The molecule has 1 rings (SSSR count). The number of rotatable bonds is 4. The molecule has 1 atom stereocenters. The topological polar surface area (TPSA) is 9.23 Å². The second kappa shape index (κ2) is 5.54. The lowest BCUT2D eigenvalue weighted by molar-refractivity contribution is -0.131. The van der Waals surface area contributed by atoms with Gasteiger partial charge in [-0.25, -0.2) is 0 Å². The van der Waals surface area contributed by atoms with Crippen LogP contribution in [-0.2, 0) is 4.74 Å². The van der Waals surface area contributed by atoms with Crippen molar-refractivity contribution in [2.24, 2.45) is 5.92 Å². The van der Waals surface area contributed by atoms with Gasteiger partial charge in [-0.15, -0.1) is 0 Å². The molecule has 1 aliphatic heterocycles. The van der Waals surface area contributed by atoms with Crippen molar-refractivity contribution in [3.63, 3.8) is 0 Å². The Hall–Kier alpha value is -0.0331. The average Bonchev–Trinajstić information content (AvgIpc) is 2.17. The van der Waals surface area contributed by atoms with Crippen molar-refractivity contribution < 1.29 is 17.9 Å². The van der Waals surface area contributed by atoms with Crippen LogP contribution in [0, 0.1) is 5.92 Å². The van der Waals surface area contributed by atoms with Crippen LogP contribution in [0.2, 0.25) is 6.04 Å². The highest BCUT2D eigenvalue weighted by Crippen LogP contribution is 2.33. The van der Waals surface area contributed by atoms with E-state index in [-0.39, 0.29) is 5.22 Å². The Morgan fingerprint density at radius 2 is 2.00 bits per heavy atom. The molecule has 0 aromatic carbocycles. The van der Waals surface area contributed by atoms with Crippen molar-refractivity contribution >= 4 is 9.52 Å². The molecule has 0 aromatic rings. The molecule has 0 aliphatic carbocycles. The average molecular weight is 254 g/mol. The number of halogens is 3. The van der Waals surface area contributed by atoms with Crippen LogP contribution in [0.4, 0.5) is 13.2 Å². The molecule has 1 nitrogen and oxygen atoms in total. The maximum atomic E-state index is 12.1. The number of hydrogen-bond acceptors (Lipinski definition) is 1. The van der Waals surface area contributed by atoms with E-state index in [9.17, 15) is 13.2 Å². The van der Waals surface area contributed by atoms with Crippen LogP contribution >= 0.6 is 0 Å². The minimum atomic E-state index is -4.00. The fourth-order valence-electron chi connectivity index (χ4n) is 2.40. The van der Waals surface area contributed by atoms with E-state index in [4.69, 9.17) is 4.74 Å². The summed E-state index contributed by atoms with van der Waals surface area (Å²) in [6.07, 6.45) is -1.50. The fourth-order valence-corrected chi connectivity index (χ4v) is 4.95. The highest BCUT2D eigenvalue weighted by atomic mass is 28.2. The molecule has 0 aromatic heterocycles. The zero-order chi connectivity index (χ0) is 12.2. The van der Waals surface area contributed by atoms with Gasteiger partial charge in [-0.3, -0.25) is 0 Å². The van der Waals surface area contributed by atoms with Crippen LogP contribution in [0.3, 0.4) is 0 Å². The fraction of sp³-hybridized carbons (Fsp3) is 1.00. The third kappa shape index (κ3) is 4.09. The van der Waals surface area contributed by atoms with E-state index in [2.05, 4.69) is 13.8 Å². The van der Waals surface area contributed by atoms with Crippen LogP contribution in [-0.4, -0.2) is 27.5 Å². The van der Waals surface area contributed by atoms with Crippen LogP contribution in [0.1, 0.15) is 39.5 Å². The smallest absolute Gasteiger partial charge is 0.379 e. The van der Waals surface area contributed by atoms with E-state index in [1.807, 2.05) is 0 Å². The van der Waals surface area contributed by atoms with Gasteiger partial charge in [0.15, 0.2) is 0 Å². The second-order valence-electron chi connectivity index (χ2n) is 4.99. The Labute approximate surface area is 97.6 Å². The summed E-state index contributed by atoms with van der Waals surface area (Å²) in [6, 6.07) is 0.321. The molecule has 0 bridgehead atoms. The Balaban J connectivity index is 2.45. The molecule has 0 saturated carbocycles. The Bertz CT molecular complexity index is 210. The van der Waals surface area contributed by atoms with E-state index in [0.29, 0.717) is 12.0 Å². The second-order valence-corrected chi connectivity index (χ2v) is 7.40. The zero-order valence-corrected chi connectivity index (χ0v) is 11.5. The third-order valence-corrected chi connectivity index (χ3v) is 6.42. The highest BCUT2D eigenvalue weighted by molar-refractivity contribution is 6.39. The van der Waals surface area contributed by atoms with Crippen molar-refractivity contribution in [2.45, 2.75) is 57.0 Å². The lowest BCUT2D eigenvalue weighted by atomic mass is 9.98. The Kier molecular flexibility index (Phi) is 4.85. The minimum absolute atomic E-state index is 0.163. The van der Waals surface area contributed by atoms with Gasteiger partial charge in [-0.05, 0) is 25.2 Å². The molecule has 0 N–H and O–H groups in total. The van der Waals surface area contributed by atoms with Crippen molar-refractivity contribution in [2.75, 3.05) is 6.61 Å². The van der Waals surface area contributed by atoms with Crippen molar-refractivity contribution in [1.82, 2.24) is 0 Å². The van der Waals surface area contributed by atoms with Crippen molar-refractivity contribution in [3.05, 3.63) is 0 Å². The van der Waals surface area contributed by atoms with Crippen LogP contribution < -0.4 is 0 Å². The maximum absolute atomic E-state index is 12.1. The molecule has 0 spiro atoms. The van der Waals surface area contributed by atoms with Crippen molar-refractivity contribution in [1.29, 1.82) is 0 Å². The van der Waals surface area contributed by atoms with Crippen molar-refractivity contribution in [3.8, 4) is 0 Å². The summed E-state index contributed by atoms with van der Waals surface area (Å²) in [6.45, 7) is 4.88. The van der Waals surface area contributed by atoms with Gasteiger partial charge in [0.05, 0.1) is 14.7 Å². The summed E-state index contributed by atoms with van der Waals surface area (Å²) < 4.78 is 42.2. The summed E-state index contributed by atoms with van der Waals surface area (Å²) in [5.41, 5.74) is 0. The first-order valence-corrected chi connectivity index (χ1v) is 7.77. The molecule has 1 aliphatic rings. The first-order valence-electron chi connectivity index (χ1n) is 6.06. The van der Waals surface area contributed by atoms with Crippen LogP contribution in [0.15, 0.2) is 0 Å². The minimum Gasteiger partial charge on any atom is -0.379 e. The monoisotopic (exact) mass is 254 g/mol. The molecule has 1 heterocycles. The molecule has 0 radical (unpaired) electrons. The van der Waals surface area contributed by atoms with Gasteiger partial charge in [0.1, 0.15) is 0 Å². The van der Waals surface area contributed by atoms with Crippen LogP contribution in [0.5, 0.6) is 0 Å². The van der Waals surface area contributed by atoms with E-state index < -0.39 is 22.1 Å². The summed E-state index contributed by atoms with van der Waals surface area (Å²) in [4.78, 5) is 0. The summed E-state index contributed by atoms with van der Waals surface area (Å²) >= 11 is 0. The molecule has 5 heteroatoms. The highest BCUT2D eigenvalue weighted by Gasteiger charge is 2.37. The lowest BCUT2D eigenvalue weighted by Crippen LogP contribution is -2.47. The number of hydrogen-bond donors (Lipinski definition) is 0. The predicted molar refractivity (Wildman–Crippen MR) is 61.4 cm³/mol. The normalized spacial score (nSPS) is 28.1. The van der Waals surface area contributed by atoms with E-state index in [1.54, 1.807) is 0 Å². The van der Waals surface area contributed by atoms with Gasteiger partial charge in [0.2, 0.25) is 0 Å². The van der Waals surface area contributed by atoms with Crippen LogP contribution in [0.25, 0.3) is 0 Å². The van der Waals surface area contributed by atoms with Gasteiger partial charge in [-0.2, -0.15) is 13.2 Å². The van der Waals surface area contributed by atoms with E-state index in [0.717, 1.165) is 25.9 Å². The van der Waals surface area contributed by atoms with Gasteiger partial charge in [0, 0.05) is 13.0 Å². The summed E-state index contributed by atoms with van der Waals surface area (Å²) in [5, 5.41) is -0.163. The molecular weight excluding hydrogens is 233 g/mol. The van der Waals surface area contributed by atoms with E-state index in [1.165, 1.54) is 0 Å². The quantitative estimate of drug-likeness (QED) is 0.701. The molecule has 0 amide bonds. The van der Waals surface area contributed by atoms with Gasteiger partial charge in [0.25, 0.3) is 0 Å². The maximum Gasteiger partial charge on any atom is 0.388 e. The first kappa shape index (κ1) is 14.0. The Morgan fingerprint density at radius 3 is 2.44 bits per heavy atom. The molecule has 96 valence electrons. The number of alkyl halides is 3. The summed E-state index contributed by atoms with van der Waals surface area (Å²) in [7, 11) is -0.811. The Morgan fingerprint density at radius 1 is 1.31 bits per heavy atom. The lowest BCUT2D eigenvalue weighted by Gasteiger charge is -2.41. The molecular formula is C11H21F3OSi. The van der Waals surface area contributed by atoms with E-state index >= 15 is 0 Å². The number of ether oxygens (including phenoxy) is 1. The van der Waals surface area contributed by atoms with Gasteiger partial charge < -0.3 is 4.74 Å². The zero-order valence-electron chi connectivity index (χ0n) is 10.1. The van der Waals surface area contributed by atoms with Gasteiger partial charge >= 0.3 is 6.18 Å². The SMILES string of the molecule is CC(C)C1([SiH2]CCC(F)(F)F)CCCCO1. The molecule has 1 fully saturated rings. The standard InChI is InChI=1S/C11H21F3OSi/c1-9(2)10(5-3-4-7-15-10)16-8-6-11(12,13)14/h9H,3-8,16H2,1-2H3. The largest absolute Gasteiger partial charge is 0.388 e. The summed E-state index contributed by atoms with van der Waals surface area (Å²) in [5.74, 6) is 0.354. The first-order chi connectivity index (χ1) is 7.36.